The van der Waals surface area contributed by atoms with Crippen LogP contribution in [0, 0.1) is 5.92 Å². The van der Waals surface area contributed by atoms with Crippen molar-refractivity contribution in [3.63, 3.8) is 0 Å². The molecule has 1 aliphatic heterocycles. The first kappa shape index (κ1) is 22.1. The molecule has 1 fully saturated rings. The summed E-state index contributed by atoms with van der Waals surface area (Å²) < 4.78 is 5.33. The minimum Gasteiger partial charge on any atom is -0.481 e. The summed E-state index contributed by atoms with van der Waals surface area (Å²) in [6, 6.07) is 0. The van der Waals surface area contributed by atoms with Crippen LogP contribution in [0.1, 0.15) is 51.9 Å². The molecule has 3 N–H and O–H groups in total. The van der Waals surface area contributed by atoms with E-state index in [9.17, 15) is 19.8 Å². The van der Waals surface area contributed by atoms with E-state index in [1.165, 1.54) is 0 Å². The number of carbonyl (C=O) groups excluding carboxylic acids is 1. The Bertz CT molecular complexity index is 522. The zero-order valence-electron chi connectivity index (χ0n) is 15.3. The van der Waals surface area contributed by atoms with Crippen LogP contribution in [0.4, 0.5) is 0 Å². The monoisotopic (exact) mass is 366 g/mol. The molecule has 6 nitrogen and oxygen atoms in total. The maximum Gasteiger partial charge on any atom is 0.309 e. The average Bonchev–Trinajstić information content (AvgIpc) is 2.57. The van der Waals surface area contributed by atoms with Gasteiger partial charge in [0.1, 0.15) is 6.10 Å². The molecule has 1 rings (SSSR count). The summed E-state index contributed by atoms with van der Waals surface area (Å²) in [7, 11) is 0. The molecular weight excluding hydrogens is 336 g/mol. The van der Waals surface area contributed by atoms with Crippen LogP contribution in [0.15, 0.2) is 36.5 Å². The summed E-state index contributed by atoms with van der Waals surface area (Å²) in [6.07, 6.45) is 12.1. The quantitative estimate of drug-likeness (QED) is 0.295. The van der Waals surface area contributed by atoms with Crippen LogP contribution in [0.5, 0.6) is 0 Å². The minimum atomic E-state index is -0.814. The maximum atomic E-state index is 11.6. The number of ether oxygens (including phenoxy) is 1. The summed E-state index contributed by atoms with van der Waals surface area (Å²) in [5.74, 6) is -1.54. The second kappa shape index (κ2) is 12.4. The van der Waals surface area contributed by atoms with Gasteiger partial charge in [0.05, 0.1) is 18.6 Å². The SMILES string of the molecule is CC/C=C/C[C@H](O)C=C[C@H]1OC(=O)C[C@H](O)[C@@H]1C/C=C/CCCC(=O)O. The van der Waals surface area contributed by atoms with Gasteiger partial charge in [0.2, 0.25) is 0 Å². The zero-order chi connectivity index (χ0) is 19.4. The van der Waals surface area contributed by atoms with Gasteiger partial charge in [0, 0.05) is 12.3 Å². The molecule has 6 heteroatoms. The number of aliphatic hydroxyl groups is 2. The summed E-state index contributed by atoms with van der Waals surface area (Å²) in [5, 5.41) is 28.7. The van der Waals surface area contributed by atoms with Crippen molar-refractivity contribution in [2.75, 3.05) is 0 Å². The van der Waals surface area contributed by atoms with Crippen molar-refractivity contribution < 1.29 is 29.6 Å². The van der Waals surface area contributed by atoms with Gasteiger partial charge in [-0.2, -0.15) is 0 Å². The van der Waals surface area contributed by atoms with E-state index < -0.39 is 30.3 Å². The highest BCUT2D eigenvalue weighted by atomic mass is 16.5. The molecule has 0 aromatic carbocycles. The van der Waals surface area contributed by atoms with E-state index in [1.807, 2.05) is 31.2 Å². The fourth-order valence-corrected chi connectivity index (χ4v) is 2.76. The molecule has 1 saturated heterocycles. The third kappa shape index (κ3) is 8.97. The number of hydrogen-bond acceptors (Lipinski definition) is 5. The van der Waals surface area contributed by atoms with Crippen molar-refractivity contribution >= 4 is 11.9 Å². The number of cyclic esters (lactones) is 1. The van der Waals surface area contributed by atoms with Gasteiger partial charge in [-0.1, -0.05) is 37.3 Å². The van der Waals surface area contributed by atoms with Crippen LogP contribution >= 0.6 is 0 Å². The van der Waals surface area contributed by atoms with Gasteiger partial charge in [-0.05, 0) is 38.2 Å². The van der Waals surface area contributed by atoms with Crippen molar-refractivity contribution in [1.82, 2.24) is 0 Å². The highest BCUT2D eigenvalue weighted by molar-refractivity contribution is 5.71. The van der Waals surface area contributed by atoms with E-state index in [0.29, 0.717) is 25.7 Å². The third-order valence-corrected chi connectivity index (χ3v) is 4.20. The molecule has 0 bridgehead atoms. The van der Waals surface area contributed by atoms with Crippen LogP contribution in [0.25, 0.3) is 0 Å². The Morgan fingerprint density at radius 3 is 2.77 bits per heavy atom. The zero-order valence-corrected chi connectivity index (χ0v) is 15.3. The first-order valence-electron chi connectivity index (χ1n) is 9.19. The molecule has 4 atom stereocenters. The first-order valence-corrected chi connectivity index (χ1v) is 9.19. The Kier molecular flexibility index (Phi) is 10.6. The summed E-state index contributed by atoms with van der Waals surface area (Å²) in [4.78, 5) is 22.1. The fraction of sp³-hybridized carbons (Fsp3) is 0.600. The number of allylic oxidation sites excluding steroid dienone is 3. The number of carbonyl (C=O) groups is 2. The lowest BCUT2D eigenvalue weighted by Crippen LogP contribution is -2.41. The Morgan fingerprint density at radius 2 is 2.08 bits per heavy atom. The summed E-state index contributed by atoms with van der Waals surface area (Å²) in [6.45, 7) is 2.02. The van der Waals surface area contributed by atoms with Crippen LogP contribution in [0.3, 0.4) is 0 Å². The van der Waals surface area contributed by atoms with Crippen molar-refractivity contribution in [1.29, 1.82) is 0 Å². The Hall–Kier alpha value is -1.92. The molecule has 0 spiro atoms. The number of rotatable bonds is 11. The van der Waals surface area contributed by atoms with Gasteiger partial charge >= 0.3 is 11.9 Å². The van der Waals surface area contributed by atoms with Gasteiger partial charge in [0.25, 0.3) is 0 Å². The molecule has 0 aromatic rings. The minimum absolute atomic E-state index is 0.0380. The number of carboxylic acids is 1. The molecule has 0 aromatic heterocycles. The number of unbranched alkanes of at least 4 members (excludes halogenated alkanes) is 1. The van der Waals surface area contributed by atoms with Crippen LogP contribution in [0.2, 0.25) is 0 Å². The number of carboxylic acid groups (broad SMARTS) is 1. The van der Waals surface area contributed by atoms with E-state index in [0.717, 1.165) is 6.42 Å². The highest BCUT2D eigenvalue weighted by Gasteiger charge is 2.35. The molecule has 0 radical (unpaired) electrons. The molecule has 0 unspecified atom stereocenters. The van der Waals surface area contributed by atoms with E-state index >= 15 is 0 Å². The van der Waals surface area contributed by atoms with Gasteiger partial charge in [-0.25, -0.2) is 0 Å². The van der Waals surface area contributed by atoms with Crippen molar-refractivity contribution in [3.8, 4) is 0 Å². The smallest absolute Gasteiger partial charge is 0.309 e. The van der Waals surface area contributed by atoms with E-state index in [1.54, 1.807) is 12.2 Å². The van der Waals surface area contributed by atoms with Crippen molar-refractivity contribution in [3.05, 3.63) is 36.5 Å². The first-order chi connectivity index (χ1) is 12.4. The van der Waals surface area contributed by atoms with Gasteiger partial charge in [-0.15, -0.1) is 0 Å². The van der Waals surface area contributed by atoms with Gasteiger partial charge in [0.15, 0.2) is 0 Å². The molecule has 26 heavy (non-hydrogen) atoms. The lowest BCUT2D eigenvalue weighted by Gasteiger charge is -2.32. The number of aliphatic hydroxyl groups excluding tert-OH is 2. The van der Waals surface area contributed by atoms with E-state index in [4.69, 9.17) is 9.84 Å². The predicted octanol–water partition coefficient (Wildman–Crippen LogP) is 2.75. The highest BCUT2D eigenvalue weighted by Crippen LogP contribution is 2.27. The van der Waals surface area contributed by atoms with Crippen LogP contribution < -0.4 is 0 Å². The number of hydrogen-bond donors (Lipinski definition) is 3. The Balaban J connectivity index is 2.58. The average molecular weight is 366 g/mol. The fourth-order valence-electron chi connectivity index (χ4n) is 2.76. The van der Waals surface area contributed by atoms with E-state index in [2.05, 4.69) is 0 Å². The number of esters is 1. The topological polar surface area (TPSA) is 104 Å². The second-order valence-electron chi connectivity index (χ2n) is 6.45. The standard InChI is InChI=1S/C20H30O6/c1-2-3-6-9-15(21)12-13-18-16(17(22)14-20(25)26-18)10-7-4-5-8-11-19(23)24/h3-4,6-7,12-13,15-18,21-22H,2,5,8-11,14H2,1H3,(H,23,24)/b6-3+,7-4+,13-12?/t15-,16-,17-,18+/m0/s1. The van der Waals surface area contributed by atoms with Gasteiger partial charge in [-0.3, -0.25) is 9.59 Å². The van der Waals surface area contributed by atoms with E-state index in [-0.39, 0.29) is 18.8 Å². The molecule has 0 saturated carbocycles. The van der Waals surface area contributed by atoms with Crippen molar-refractivity contribution in [2.24, 2.45) is 5.92 Å². The third-order valence-electron chi connectivity index (χ3n) is 4.20. The summed E-state index contributed by atoms with van der Waals surface area (Å²) in [5.41, 5.74) is 0. The molecule has 0 amide bonds. The summed E-state index contributed by atoms with van der Waals surface area (Å²) >= 11 is 0. The predicted molar refractivity (Wildman–Crippen MR) is 98.4 cm³/mol. The largest absolute Gasteiger partial charge is 0.481 e. The molecule has 146 valence electrons. The molecule has 1 heterocycles. The second-order valence-corrected chi connectivity index (χ2v) is 6.45. The molecule has 1 aliphatic rings. The Labute approximate surface area is 154 Å². The van der Waals surface area contributed by atoms with Crippen LogP contribution in [-0.4, -0.2) is 45.6 Å². The lowest BCUT2D eigenvalue weighted by atomic mass is 9.87. The van der Waals surface area contributed by atoms with Crippen molar-refractivity contribution in [2.45, 2.75) is 70.2 Å². The number of aliphatic carboxylic acids is 1. The molecule has 0 aliphatic carbocycles. The Morgan fingerprint density at radius 1 is 1.31 bits per heavy atom. The van der Waals surface area contributed by atoms with Crippen LogP contribution in [-0.2, 0) is 14.3 Å². The van der Waals surface area contributed by atoms with Gasteiger partial charge < -0.3 is 20.1 Å². The molecular formula is C20H30O6. The lowest BCUT2D eigenvalue weighted by molar-refractivity contribution is -0.163. The normalized spacial score (nSPS) is 25.2. The maximum absolute atomic E-state index is 11.6.